The van der Waals surface area contributed by atoms with Crippen molar-refractivity contribution < 1.29 is 0 Å². The number of nitrogens with one attached hydrogen (secondary N) is 2. The van der Waals surface area contributed by atoms with Gasteiger partial charge in [-0.05, 0) is 78.8 Å². The van der Waals surface area contributed by atoms with Gasteiger partial charge in [0.1, 0.15) is 0 Å². The molecule has 0 unspecified atom stereocenters. The average molecular weight is 415 g/mol. The molecule has 4 nitrogen and oxygen atoms in total. The first kappa shape index (κ1) is 18.6. The molecular weight excluding hydrogens is 392 g/mol. The van der Waals surface area contributed by atoms with Crippen molar-refractivity contribution in [2.24, 2.45) is 0 Å². The van der Waals surface area contributed by atoms with Crippen LogP contribution in [0.4, 0.5) is 0 Å². The maximum Gasteiger partial charge on any atom is 0.0693 e. The smallest absolute Gasteiger partial charge is 0.0693 e. The Balaban J connectivity index is 1.67. The van der Waals surface area contributed by atoms with Gasteiger partial charge in [-0.15, -0.1) is 0 Å². The van der Waals surface area contributed by atoms with Gasteiger partial charge in [-0.3, -0.25) is 0 Å². The Bertz CT molecular complexity index is 1550. The largest absolute Gasteiger partial charge is 0.355 e. The van der Waals surface area contributed by atoms with Crippen LogP contribution in [0.25, 0.3) is 46.4 Å². The molecule has 0 fully saturated rings. The number of H-pyrrole nitrogens is 2. The quantitative estimate of drug-likeness (QED) is 0.337. The van der Waals surface area contributed by atoms with Crippen LogP contribution < -0.4 is 0 Å². The highest BCUT2D eigenvalue weighted by Gasteiger charge is 2.11. The number of nitrogens with zero attached hydrogens (tertiary/aromatic N) is 2. The second-order valence-electron chi connectivity index (χ2n) is 8.22. The highest BCUT2D eigenvalue weighted by atomic mass is 14.8. The molecule has 4 heteroatoms. The Morgan fingerprint density at radius 2 is 1.31 bits per heavy atom. The van der Waals surface area contributed by atoms with Crippen LogP contribution in [-0.4, -0.2) is 19.9 Å². The second kappa shape index (κ2) is 7.50. The molecule has 0 saturated heterocycles. The van der Waals surface area contributed by atoms with Crippen molar-refractivity contribution in [1.29, 1.82) is 0 Å². The van der Waals surface area contributed by atoms with Gasteiger partial charge in [0, 0.05) is 34.1 Å². The topological polar surface area (TPSA) is 57.4 Å². The third kappa shape index (κ3) is 3.46. The van der Waals surface area contributed by atoms with E-state index in [4.69, 9.17) is 9.97 Å². The summed E-state index contributed by atoms with van der Waals surface area (Å²) in [5, 5.41) is 0. The van der Waals surface area contributed by atoms with E-state index in [1.807, 2.05) is 12.2 Å². The molecule has 2 aliphatic heterocycles. The number of benzene rings is 1. The fourth-order valence-corrected chi connectivity index (χ4v) is 4.26. The first-order valence-electron chi connectivity index (χ1n) is 10.8. The van der Waals surface area contributed by atoms with Crippen LogP contribution in [0.5, 0.6) is 0 Å². The van der Waals surface area contributed by atoms with Gasteiger partial charge in [-0.1, -0.05) is 30.3 Å². The van der Waals surface area contributed by atoms with Gasteiger partial charge in [-0.25, -0.2) is 9.97 Å². The van der Waals surface area contributed by atoms with Crippen molar-refractivity contribution >= 4 is 46.4 Å². The molecular formula is C28H22N4. The van der Waals surface area contributed by atoms with Crippen molar-refractivity contribution in [2.45, 2.75) is 13.3 Å². The van der Waals surface area contributed by atoms with E-state index in [0.717, 1.165) is 56.8 Å². The van der Waals surface area contributed by atoms with Gasteiger partial charge in [-0.2, -0.15) is 0 Å². The number of aryl methyl sites for hydroxylation is 1. The third-order valence-corrected chi connectivity index (χ3v) is 5.99. The van der Waals surface area contributed by atoms with E-state index in [-0.39, 0.29) is 0 Å². The van der Waals surface area contributed by atoms with Gasteiger partial charge in [0.25, 0.3) is 0 Å². The monoisotopic (exact) mass is 414 g/mol. The predicted molar refractivity (Wildman–Crippen MR) is 133 cm³/mol. The summed E-state index contributed by atoms with van der Waals surface area (Å²) in [5.41, 5.74) is 11.6. The number of rotatable bonds is 2. The van der Waals surface area contributed by atoms with E-state index in [1.54, 1.807) is 0 Å². The Labute approximate surface area is 186 Å². The molecule has 154 valence electrons. The number of aromatic amines is 2. The SMILES string of the molecule is Cc1c2nc(c(Cc3ccccc3)c3ccc(cc4nc(cc5ccc1[nH]5)C=C4)[nH]3)C=C2. The summed E-state index contributed by atoms with van der Waals surface area (Å²) in [6.07, 6.45) is 9.13. The molecule has 2 N–H and O–H groups in total. The molecule has 1 aromatic carbocycles. The number of hydrogen-bond donors (Lipinski definition) is 2. The lowest BCUT2D eigenvalue weighted by Gasteiger charge is -2.04. The van der Waals surface area contributed by atoms with E-state index >= 15 is 0 Å². The first-order valence-corrected chi connectivity index (χ1v) is 10.8. The van der Waals surface area contributed by atoms with Crippen LogP contribution in [0.3, 0.4) is 0 Å². The Morgan fingerprint density at radius 1 is 0.656 bits per heavy atom. The summed E-state index contributed by atoms with van der Waals surface area (Å²) in [4.78, 5) is 16.9. The molecule has 0 atom stereocenters. The molecule has 0 aliphatic carbocycles. The Kier molecular flexibility index (Phi) is 4.36. The lowest BCUT2D eigenvalue weighted by atomic mass is 10.0. The normalized spacial score (nSPS) is 12.4. The van der Waals surface area contributed by atoms with E-state index in [1.165, 1.54) is 11.1 Å². The van der Waals surface area contributed by atoms with E-state index in [2.05, 4.69) is 95.8 Å². The molecule has 4 aromatic rings. The zero-order valence-corrected chi connectivity index (χ0v) is 17.8. The van der Waals surface area contributed by atoms with Crippen LogP contribution in [-0.2, 0) is 6.42 Å². The summed E-state index contributed by atoms with van der Waals surface area (Å²) < 4.78 is 0. The number of aromatic nitrogens is 4. The highest BCUT2D eigenvalue weighted by molar-refractivity contribution is 5.81. The van der Waals surface area contributed by atoms with Gasteiger partial charge >= 0.3 is 0 Å². The van der Waals surface area contributed by atoms with Crippen LogP contribution >= 0.6 is 0 Å². The van der Waals surface area contributed by atoms with Crippen LogP contribution in [0.1, 0.15) is 39.5 Å². The Morgan fingerprint density at radius 3 is 2.06 bits per heavy atom. The zero-order chi connectivity index (χ0) is 21.5. The van der Waals surface area contributed by atoms with Crippen LogP contribution in [0, 0.1) is 6.92 Å². The summed E-state index contributed by atoms with van der Waals surface area (Å²) in [6.45, 7) is 2.11. The minimum Gasteiger partial charge on any atom is -0.355 e. The zero-order valence-electron chi connectivity index (χ0n) is 17.8. The lowest BCUT2D eigenvalue weighted by Crippen LogP contribution is -1.93. The fourth-order valence-electron chi connectivity index (χ4n) is 4.26. The molecule has 2 aliphatic rings. The van der Waals surface area contributed by atoms with Crippen molar-refractivity contribution in [3.63, 3.8) is 0 Å². The summed E-state index contributed by atoms with van der Waals surface area (Å²) in [7, 11) is 0. The first-order chi connectivity index (χ1) is 15.7. The maximum atomic E-state index is 5.03. The van der Waals surface area contributed by atoms with Crippen molar-refractivity contribution in [3.05, 3.63) is 106 Å². The third-order valence-electron chi connectivity index (χ3n) is 5.99. The molecule has 6 rings (SSSR count). The lowest BCUT2D eigenvalue weighted by molar-refractivity contribution is 1.15. The maximum absolute atomic E-state index is 5.03. The van der Waals surface area contributed by atoms with Crippen LogP contribution in [0.15, 0.2) is 66.7 Å². The van der Waals surface area contributed by atoms with Crippen molar-refractivity contribution in [3.8, 4) is 0 Å². The molecule has 3 aromatic heterocycles. The van der Waals surface area contributed by atoms with Crippen LogP contribution in [0.2, 0.25) is 0 Å². The molecule has 0 spiro atoms. The van der Waals surface area contributed by atoms with Crippen molar-refractivity contribution in [1.82, 2.24) is 19.9 Å². The highest BCUT2D eigenvalue weighted by Crippen LogP contribution is 2.25. The minimum atomic E-state index is 0.802. The summed E-state index contributed by atoms with van der Waals surface area (Å²) in [5.74, 6) is 0. The number of fused-ring (bicyclic) bond motifs is 8. The van der Waals surface area contributed by atoms with E-state index in [0.29, 0.717) is 0 Å². The Hall–Kier alpha value is -4.18. The predicted octanol–water partition coefficient (Wildman–Crippen LogP) is 6.55. The molecule has 8 bridgehead atoms. The number of hydrogen-bond acceptors (Lipinski definition) is 2. The van der Waals surface area contributed by atoms with Gasteiger partial charge in [0.05, 0.1) is 22.8 Å². The van der Waals surface area contributed by atoms with Gasteiger partial charge in [0.2, 0.25) is 0 Å². The molecule has 0 amide bonds. The van der Waals surface area contributed by atoms with Gasteiger partial charge < -0.3 is 9.97 Å². The molecule has 0 radical (unpaired) electrons. The molecule has 0 saturated carbocycles. The van der Waals surface area contributed by atoms with Gasteiger partial charge in [0.15, 0.2) is 0 Å². The second-order valence-corrected chi connectivity index (χ2v) is 8.22. The van der Waals surface area contributed by atoms with Crippen molar-refractivity contribution in [2.75, 3.05) is 0 Å². The summed E-state index contributed by atoms with van der Waals surface area (Å²) >= 11 is 0. The molecule has 5 heterocycles. The standard InChI is InChI=1S/C28H22N4/c1-18-25-11-9-22(30-25)16-20-7-8-21(29-20)17-23-10-12-27(31-23)24(28-14-13-26(18)32-28)15-19-5-3-2-4-6-19/h2-14,16-17,30-31H,15H2,1H3. The van der Waals surface area contributed by atoms with E-state index < -0.39 is 0 Å². The molecule has 32 heavy (non-hydrogen) atoms. The summed E-state index contributed by atoms with van der Waals surface area (Å²) in [6, 6.07) is 23.1. The fraction of sp³-hybridized carbons (Fsp3) is 0.0714. The van der Waals surface area contributed by atoms with E-state index in [9.17, 15) is 0 Å². The minimum absolute atomic E-state index is 0.802. The average Bonchev–Trinajstić information content (AvgIpc) is 3.61.